The first-order valence-corrected chi connectivity index (χ1v) is 8.90. The van der Waals surface area contributed by atoms with E-state index in [4.69, 9.17) is 4.74 Å². The van der Waals surface area contributed by atoms with Crippen molar-refractivity contribution < 1.29 is 9.53 Å². The second-order valence-corrected chi connectivity index (χ2v) is 6.81. The number of hydrogen-bond acceptors (Lipinski definition) is 5. The number of piperazine rings is 1. The zero-order valence-corrected chi connectivity index (χ0v) is 15.9. The summed E-state index contributed by atoms with van der Waals surface area (Å²) in [6.07, 6.45) is 1.55. The van der Waals surface area contributed by atoms with Crippen molar-refractivity contribution in [2.45, 2.75) is 0 Å². The van der Waals surface area contributed by atoms with Crippen LogP contribution in [0.4, 0.5) is 11.4 Å². The predicted molar refractivity (Wildman–Crippen MR) is 103 cm³/mol. The number of halogens is 1. The fourth-order valence-corrected chi connectivity index (χ4v) is 3.01. The van der Waals surface area contributed by atoms with Crippen LogP contribution in [0.3, 0.4) is 0 Å². The van der Waals surface area contributed by atoms with Gasteiger partial charge in [0.1, 0.15) is 10.4 Å². The summed E-state index contributed by atoms with van der Waals surface area (Å²) in [6, 6.07) is 9.19. The van der Waals surface area contributed by atoms with Gasteiger partial charge < -0.3 is 19.9 Å². The molecule has 1 aromatic carbocycles. The van der Waals surface area contributed by atoms with Crippen LogP contribution in [0.15, 0.2) is 41.1 Å². The van der Waals surface area contributed by atoms with E-state index >= 15 is 0 Å². The van der Waals surface area contributed by atoms with Crippen LogP contribution in [-0.2, 0) is 0 Å². The topological polar surface area (TPSA) is 57.7 Å². The summed E-state index contributed by atoms with van der Waals surface area (Å²) < 4.78 is 6.20. The van der Waals surface area contributed by atoms with Crippen molar-refractivity contribution in [3.63, 3.8) is 0 Å². The summed E-state index contributed by atoms with van der Waals surface area (Å²) in [5.74, 6) is 0.627. The molecule has 0 saturated carbocycles. The lowest BCUT2D eigenvalue weighted by atomic mass is 10.2. The Morgan fingerprint density at radius 2 is 1.96 bits per heavy atom. The van der Waals surface area contributed by atoms with Gasteiger partial charge in [0, 0.05) is 38.1 Å². The number of hydrogen-bond donors (Lipinski definition) is 1. The molecule has 25 heavy (non-hydrogen) atoms. The van der Waals surface area contributed by atoms with E-state index in [1.165, 1.54) is 0 Å². The number of methoxy groups -OCH3 is 1. The molecule has 0 spiro atoms. The third kappa shape index (κ3) is 4.29. The second-order valence-electron chi connectivity index (χ2n) is 6.00. The van der Waals surface area contributed by atoms with Crippen LogP contribution in [0.5, 0.6) is 5.75 Å². The van der Waals surface area contributed by atoms with Gasteiger partial charge in [-0.1, -0.05) is 0 Å². The first-order valence-electron chi connectivity index (χ1n) is 8.11. The summed E-state index contributed by atoms with van der Waals surface area (Å²) in [5, 5.41) is 2.93. The fourth-order valence-electron chi connectivity index (χ4n) is 2.78. The van der Waals surface area contributed by atoms with Gasteiger partial charge in [0.05, 0.1) is 18.4 Å². The molecule has 2 heterocycles. The maximum atomic E-state index is 12.4. The molecule has 3 rings (SSSR count). The van der Waals surface area contributed by atoms with Gasteiger partial charge in [-0.05, 0) is 53.3 Å². The van der Waals surface area contributed by atoms with E-state index in [1.54, 1.807) is 25.4 Å². The molecule has 6 nitrogen and oxygen atoms in total. The number of anilines is 2. The Bertz CT molecular complexity index is 743. The number of aromatic nitrogens is 1. The molecule has 0 radical (unpaired) electrons. The van der Waals surface area contributed by atoms with E-state index in [9.17, 15) is 4.79 Å². The van der Waals surface area contributed by atoms with Crippen LogP contribution in [0.25, 0.3) is 0 Å². The smallest absolute Gasteiger partial charge is 0.257 e. The van der Waals surface area contributed by atoms with Crippen LogP contribution in [0.1, 0.15) is 10.4 Å². The number of rotatable bonds is 4. The highest BCUT2D eigenvalue weighted by Gasteiger charge is 2.18. The number of likely N-dealkylation sites (N-methyl/N-ethyl adjacent to an activating group) is 1. The minimum Gasteiger partial charge on any atom is -0.495 e. The number of nitrogens with one attached hydrogen (secondary N) is 1. The number of benzene rings is 1. The lowest BCUT2D eigenvalue weighted by molar-refractivity contribution is 0.102. The Balaban J connectivity index is 1.79. The van der Waals surface area contributed by atoms with E-state index < -0.39 is 0 Å². The van der Waals surface area contributed by atoms with Gasteiger partial charge in [0.2, 0.25) is 0 Å². The lowest BCUT2D eigenvalue weighted by Gasteiger charge is -2.34. The third-order valence-electron chi connectivity index (χ3n) is 4.27. The molecule has 0 bridgehead atoms. The Kier molecular flexibility index (Phi) is 5.55. The number of carbonyl (C=O) groups is 1. The largest absolute Gasteiger partial charge is 0.495 e. The van der Waals surface area contributed by atoms with Gasteiger partial charge >= 0.3 is 0 Å². The van der Waals surface area contributed by atoms with E-state index in [1.807, 2.05) is 18.2 Å². The van der Waals surface area contributed by atoms with Crippen LogP contribution in [0.2, 0.25) is 0 Å². The molecule has 132 valence electrons. The van der Waals surface area contributed by atoms with E-state index in [-0.39, 0.29) is 5.91 Å². The highest BCUT2D eigenvalue weighted by atomic mass is 79.9. The fraction of sp³-hybridized carbons (Fsp3) is 0.333. The molecule has 1 amide bonds. The van der Waals surface area contributed by atoms with Crippen molar-refractivity contribution in [3.05, 3.63) is 46.7 Å². The van der Waals surface area contributed by atoms with Gasteiger partial charge in [-0.25, -0.2) is 4.98 Å². The van der Waals surface area contributed by atoms with Crippen LogP contribution >= 0.6 is 15.9 Å². The molecule has 1 N–H and O–H groups in total. The zero-order chi connectivity index (χ0) is 17.8. The molecule has 1 aliphatic heterocycles. The maximum Gasteiger partial charge on any atom is 0.257 e. The van der Waals surface area contributed by atoms with Crippen LogP contribution in [-0.4, -0.2) is 56.1 Å². The standard InChI is InChI=1S/C18H21BrN4O2/c1-22-7-9-23(10-8-22)15-11-14(4-5-16(15)25-2)21-18(24)13-3-6-17(19)20-12-13/h3-6,11-12H,7-10H2,1-2H3,(H,21,24). The quantitative estimate of drug-likeness (QED) is 0.793. The molecular weight excluding hydrogens is 384 g/mol. The van der Waals surface area contributed by atoms with Crippen LogP contribution < -0.4 is 15.0 Å². The number of nitrogens with zero attached hydrogens (tertiary/aromatic N) is 3. The average Bonchev–Trinajstić information content (AvgIpc) is 2.63. The SMILES string of the molecule is COc1ccc(NC(=O)c2ccc(Br)nc2)cc1N1CCN(C)CC1. The zero-order valence-electron chi connectivity index (χ0n) is 14.3. The highest BCUT2D eigenvalue weighted by Crippen LogP contribution is 2.32. The third-order valence-corrected chi connectivity index (χ3v) is 4.74. The molecule has 7 heteroatoms. The van der Waals surface area contributed by atoms with Crippen molar-refractivity contribution in [1.29, 1.82) is 0 Å². The second kappa shape index (κ2) is 7.84. The Hall–Kier alpha value is -2.12. The minimum atomic E-state index is -0.186. The number of carbonyl (C=O) groups excluding carboxylic acids is 1. The Labute approximate surface area is 155 Å². The number of amides is 1. The molecule has 1 fully saturated rings. The molecule has 1 aliphatic rings. The van der Waals surface area contributed by atoms with Gasteiger partial charge in [-0.15, -0.1) is 0 Å². The summed E-state index contributed by atoms with van der Waals surface area (Å²) in [4.78, 5) is 21.1. The van der Waals surface area contributed by atoms with Gasteiger partial charge in [0.25, 0.3) is 5.91 Å². The monoisotopic (exact) mass is 404 g/mol. The van der Waals surface area contributed by atoms with Crippen molar-refractivity contribution in [2.75, 3.05) is 50.6 Å². The minimum absolute atomic E-state index is 0.186. The first-order chi connectivity index (χ1) is 12.1. The summed E-state index contributed by atoms with van der Waals surface area (Å²) in [6.45, 7) is 3.87. The van der Waals surface area contributed by atoms with E-state index in [2.05, 4.69) is 43.1 Å². The van der Waals surface area contributed by atoms with Gasteiger partial charge in [0.15, 0.2) is 0 Å². The van der Waals surface area contributed by atoms with E-state index in [0.29, 0.717) is 10.2 Å². The van der Waals surface area contributed by atoms with Gasteiger partial charge in [-0.2, -0.15) is 0 Å². The molecule has 2 aromatic rings. The Morgan fingerprint density at radius 3 is 2.60 bits per heavy atom. The molecule has 1 saturated heterocycles. The van der Waals surface area contributed by atoms with Crippen molar-refractivity contribution in [3.8, 4) is 5.75 Å². The van der Waals surface area contributed by atoms with Crippen molar-refractivity contribution in [2.24, 2.45) is 0 Å². The predicted octanol–water partition coefficient (Wildman–Crippen LogP) is 2.86. The molecule has 1 aromatic heterocycles. The van der Waals surface area contributed by atoms with Crippen LogP contribution in [0, 0.1) is 0 Å². The normalized spacial score (nSPS) is 15.1. The summed E-state index contributed by atoms with van der Waals surface area (Å²) in [7, 11) is 3.79. The highest BCUT2D eigenvalue weighted by molar-refractivity contribution is 9.10. The van der Waals surface area contributed by atoms with Gasteiger partial charge in [-0.3, -0.25) is 4.79 Å². The first kappa shape index (κ1) is 17.7. The average molecular weight is 405 g/mol. The lowest BCUT2D eigenvalue weighted by Crippen LogP contribution is -2.44. The van der Waals surface area contributed by atoms with Crippen molar-refractivity contribution >= 4 is 33.2 Å². The Morgan fingerprint density at radius 1 is 1.20 bits per heavy atom. The molecule has 0 atom stereocenters. The summed E-state index contributed by atoms with van der Waals surface area (Å²) >= 11 is 3.27. The number of pyridine rings is 1. The van der Waals surface area contributed by atoms with E-state index in [0.717, 1.165) is 43.3 Å². The molecule has 0 unspecified atom stereocenters. The summed E-state index contributed by atoms with van der Waals surface area (Å²) in [5.41, 5.74) is 2.25. The molecule has 0 aliphatic carbocycles. The maximum absolute atomic E-state index is 12.4. The molecular formula is C18H21BrN4O2. The number of ether oxygens (including phenoxy) is 1. The van der Waals surface area contributed by atoms with Crippen molar-refractivity contribution in [1.82, 2.24) is 9.88 Å².